The molecular weight excluding hydrogens is 230 g/mol. The number of ketones is 1. The zero-order chi connectivity index (χ0) is 12.6. The predicted octanol–water partition coefficient (Wildman–Crippen LogP) is 1.38. The number of carbonyl (C=O) groups excluding carboxylic acids is 1. The predicted molar refractivity (Wildman–Crippen MR) is 67.6 cm³/mol. The van der Waals surface area contributed by atoms with Crippen molar-refractivity contribution in [1.29, 1.82) is 0 Å². The molecular formula is C14H23NO3. The molecule has 3 saturated heterocycles. The molecule has 0 aliphatic carbocycles. The minimum Gasteiger partial charge on any atom is -0.381 e. The summed E-state index contributed by atoms with van der Waals surface area (Å²) in [5, 5.41) is 0. The van der Waals surface area contributed by atoms with Gasteiger partial charge in [0.15, 0.2) is 0 Å². The number of nitrogens with zero attached hydrogens (tertiary/aromatic N) is 1. The summed E-state index contributed by atoms with van der Waals surface area (Å²) >= 11 is 0. The van der Waals surface area contributed by atoms with Gasteiger partial charge in [-0.1, -0.05) is 0 Å². The van der Waals surface area contributed by atoms with Gasteiger partial charge in [-0.05, 0) is 32.7 Å². The molecule has 0 atom stereocenters. The van der Waals surface area contributed by atoms with Gasteiger partial charge in [0.1, 0.15) is 5.78 Å². The Bertz CT molecular complexity index is 300. The van der Waals surface area contributed by atoms with Gasteiger partial charge in [0.2, 0.25) is 0 Å². The Kier molecular flexibility index (Phi) is 3.20. The van der Waals surface area contributed by atoms with Gasteiger partial charge in [0.05, 0.1) is 0 Å². The topological polar surface area (TPSA) is 38.8 Å². The molecule has 0 aromatic rings. The maximum atomic E-state index is 12.2. The van der Waals surface area contributed by atoms with Gasteiger partial charge in [-0.2, -0.15) is 0 Å². The van der Waals surface area contributed by atoms with Gasteiger partial charge in [0, 0.05) is 50.3 Å². The van der Waals surface area contributed by atoms with Gasteiger partial charge in [-0.3, -0.25) is 9.69 Å². The summed E-state index contributed by atoms with van der Waals surface area (Å²) in [6.07, 6.45) is 5.43. The Labute approximate surface area is 109 Å². The number of ether oxygens (including phenoxy) is 2. The van der Waals surface area contributed by atoms with Crippen LogP contribution in [0.15, 0.2) is 0 Å². The van der Waals surface area contributed by atoms with Crippen LogP contribution in [0.5, 0.6) is 0 Å². The first kappa shape index (κ1) is 12.6. The van der Waals surface area contributed by atoms with Crippen molar-refractivity contribution >= 4 is 5.78 Å². The van der Waals surface area contributed by atoms with Crippen LogP contribution < -0.4 is 0 Å². The van der Waals surface area contributed by atoms with Crippen molar-refractivity contribution in [2.24, 2.45) is 0 Å². The largest absolute Gasteiger partial charge is 0.381 e. The number of likely N-dealkylation sites (tertiary alicyclic amines) is 1. The number of rotatable bonds is 0. The molecule has 0 bridgehead atoms. The van der Waals surface area contributed by atoms with Gasteiger partial charge in [0.25, 0.3) is 0 Å². The third kappa shape index (κ3) is 1.91. The van der Waals surface area contributed by atoms with E-state index in [4.69, 9.17) is 9.47 Å². The highest BCUT2D eigenvalue weighted by Crippen LogP contribution is 2.45. The number of carbonyl (C=O) groups is 1. The van der Waals surface area contributed by atoms with Crippen molar-refractivity contribution < 1.29 is 14.3 Å². The summed E-state index contributed by atoms with van der Waals surface area (Å²) in [4.78, 5) is 14.8. The molecule has 0 aromatic carbocycles. The summed E-state index contributed by atoms with van der Waals surface area (Å²) in [5.41, 5.74) is 0.121. The lowest BCUT2D eigenvalue weighted by Crippen LogP contribution is -2.66. The van der Waals surface area contributed by atoms with Gasteiger partial charge < -0.3 is 9.47 Å². The van der Waals surface area contributed by atoms with Crippen molar-refractivity contribution in [3.63, 3.8) is 0 Å². The van der Waals surface area contributed by atoms with E-state index in [1.165, 1.54) is 0 Å². The Morgan fingerprint density at radius 2 is 1.28 bits per heavy atom. The van der Waals surface area contributed by atoms with Crippen molar-refractivity contribution in [2.75, 3.05) is 33.5 Å². The first-order valence-electron chi connectivity index (χ1n) is 7.08. The Hall–Kier alpha value is -0.450. The zero-order valence-corrected chi connectivity index (χ0v) is 11.2. The quantitative estimate of drug-likeness (QED) is 0.654. The minimum absolute atomic E-state index is 0.0604. The fourth-order valence-corrected chi connectivity index (χ4v) is 4.06. The molecule has 0 radical (unpaired) electrons. The Morgan fingerprint density at radius 1 is 0.889 bits per heavy atom. The lowest BCUT2D eigenvalue weighted by atomic mass is 9.69. The van der Waals surface area contributed by atoms with Crippen LogP contribution in [0.4, 0.5) is 0 Å². The molecule has 0 unspecified atom stereocenters. The van der Waals surface area contributed by atoms with Crippen molar-refractivity contribution in [3.8, 4) is 0 Å². The van der Waals surface area contributed by atoms with E-state index in [1.807, 2.05) is 0 Å². The smallest absolute Gasteiger partial charge is 0.136 e. The summed E-state index contributed by atoms with van der Waals surface area (Å²) < 4.78 is 11.0. The molecule has 3 fully saturated rings. The SMILES string of the molecule is CN1C2(CCOCC2)CC(=O)CC12CCOCC2. The Balaban J connectivity index is 1.89. The van der Waals surface area contributed by atoms with E-state index in [0.717, 1.165) is 65.0 Å². The minimum atomic E-state index is 0.0604. The van der Waals surface area contributed by atoms with E-state index in [9.17, 15) is 4.79 Å². The second-order valence-electron chi connectivity index (χ2n) is 6.12. The monoisotopic (exact) mass is 253 g/mol. The average Bonchev–Trinajstić information content (AvgIpc) is 2.38. The average molecular weight is 253 g/mol. The molecule has 3 aliphatic heterocycles. The molecule has 0 amide bonds. The van der Waals surface area contributed by atoms with Crippen LogP contribution in [-0.4, -0.2) is 55.2 Å². The lowest BCUT2D eigenvalue weighted by molar-refractivity contribution is -0.154. The van der Waals surface area contributed by atoms with Crippen LogP contribution in [0.1, 0.15) is 38.5 Å². The van der Waals surface area contributed by atoms with Crippen molar-refractivity contribution in [1.82, 2.24) is 4.90 Å². The maximum absolute atomic E-state index is 12.2. The molecule has 3 rings (SSSR count). The van der Waals surface area contributed by atoms with Crippen LogP contribution >= 0.6 is 0 Å². The molecule has 0 N–H and O–H groups in total. The summed E-state index contributed by atoms with van der Waals surface area (Å²) in [6, 6.07) is 0. The van der Waals surface area contributed by atoms with Crippen molar-refractivity contribution in [3.05, 3.63) is 0 Å². The van der Waals surface area contributed by atoms with Crippen LogP contribution in [0.3, 0.4) is 0 Å². The highest BCUT2D eigenvalue weighted by atomic mass is 16.5. The van der Waals surface area contributed by atoms with E-state index in [2.05, 4.69) is 11.9 Å². The van der Waals surface area contributed by atoms with Crippen molar-refractivity contribution in [2.45, 2.75) is 49.6 Å². The van der Waals surface area contributed by atoms with Gasteiger partial charge in [-0.15, -0.1) is 0 Å². The van der Waals surface area contributed by atoms with E-state index >= 15 is 0 Å². The summed E-state index contributed by atoms with van der Waals surface area (Å²) in [7, 11) is 2.23. The Morgan fingerprint density at radius 3 is 1.67 bits per heavy atom. The van der Waals surface area contributed by atoms with Crippen LogP contribution in [0.25, 0.3) is 0 Å². The third-order valence-corrected chi connectivity index (χ3v) is 5.32. The van der Waals surface area contributed by atoms with E-state index in [-0.39, 0.29) is 11.1 Å². The molecule has 0 aromatic heterocycles. The van der Waals surface area contributed by atoms with Crippen LogP contribution in [0.2, 0.25) is 0 Å². The summed E-state index contributed by atoms with van der Waals surface area (Å²) in [5.74, 6) is 0.442. The molecule has 2 spiro atoms. The van der Waals surface area contributed by atoms with E-state index in [1.54, 1.807) is 0 Å². The molecule has 3 aliphatic rings. The first-order valence-corrected chi connectivity index (χ1v) is 7.08. The second kappa shape index (κ2) is 4.58. The standard InChI is InChI=1S/C14H23NO3/c1-15-13(2-6-17-7-3-13)10-12(16)11-14(15)4-8-18-9-5-14/h2-11H2,1H3. The van der Waals surface area contributed by atoms with Crippen LogP contribution in [0, 0.1) is 0 Å². The maximum Gasteiger partial charge on any atom is 0.136 e. The lowest BCUT2D eigenvalue weighted by Gasteiger charge is -2.58. The number of Topliss-reactive ketones (excluding diaryl/α,β-unsaturated/α-hetero) is 1. The molecule has 4 heteroatoms. The highest BCUT2D eigenvalue weighted by Gasteiger charge is 2.52. The fourth-order valence-electron chi connectivity index (χ4n) is 4.06. The van der Waals surface area contributed by atoms with E-state index < -0.39 is 0 Å². The summed E-state index contributed by atoms with van der Waals surface area (Å²) in [6.45, 7) is 3.18. The molecule has 4 nitrogen and oxygen atoms in total. The molecule has 0 saturated carbocycles. The fraction of sp³-hybridized carbons (Fsp3) is 0.929. The van der Waals surface area contributed by atoms with Crippen LogP contribution in [-0.2, 0) is 14.3 Å². The zero-order valence-electron chi connectivity index (χ0n) is 11.2. The number of hydrogen-bond donors (Lipinski definition) is 0. The first-order chi connectivity index (χ1) is 8.67. The van der Waals surface area contributed by atoms with Gasteiger partial charge in [-0.25, -0.2) is 0 Å². The van der Waals surface area contributed by atoms with Gasteiger partial charge >= 0.3 is 0 Å². The number of hydrogen-bond acceptors (Lipinski definition) is 4. The molecule has 3 heterocycles. The second-order valence-corrected chi connectivity index (χ2v) is 6.12. The molecule has 18 heavy (non-hydrogen) atoms. The third-order valence-electron chi connectivity index (χ3n) is 5.32. The highest BCUT2D eigenvalue weighted by molar-refractivity contribution is 5.82. The molecule has 102 valence electrons. The van der Waals surface area contributed by atoms with E-state index in [0.29, 0.717) is 5.78 Å². The number of piperidine rings is 1. The normalized spacial score (nSPS) is 31.9.